The molecule has 0 amide bonds. The van der Waals surface area contributed by atoms with E-state index < -0.39 is 118 Å². The van der Waals surface area contributed by atoms with Gasteiger partial charge in [-0.15, -0.1) is 0 Å². The third-order valence-corrected chi connectivity index (χ3v) is 9.73. The number of aliphatic hydroxyl groups is 1. The molecule has 0 heterocycles. The number of alkyl halides is 9. The summed E-state index contributed by atoms with van der Waals surface area (Å²) in [5.41, 5.74) is -16.1. The van der Waals surface area contributed by atoms with Crippen LogP contribution in [0.3, 0.4) is 0 Å². The number of carbonyl (C=O) groups excluding carboxylic acids is 3. The molecule has 0 aromatic heterocycles. The van der Waals surface area contributed by atoms with E-state index in [1.54, 1.807) is 34.6 Å². The van der Waals surface area contributed by atoms with Crippen molar-refractivity contribution in [2.24, 2.45) is 22.2 Å². The molecule has 0 bridgehead atoms. The fourth-order valence-electron chi connectivity index (χ4n) is 4.11. The van der Waals surface area contributed by atoms with Gasteiger partial charge in [-0.2, -0.15) is 39.5 Å². The normalized spacial score (nSPS) is 16.7. The van der Waals surface area contributed by atoms with E-state index in [4.69, 9.17) is 14.2 Å². The van der Waals surface area contributed by atoms with Crippen LogP contribution in [0.1, 0.15) is 94.9 Å². The van der Waals surface area contributed by atoms with Gasteiger partial charge in [-0.1, -0.05) is 27.7 Å². The minimum Gasteiger partial charge on any atom is -0.464 e. The number of carbonyl (C=O) groups is 3. The minimum absolute atomic E-state index is 0.0675. The van der Waals surface area contributed by atoms with Crippen molar-refractivity contribution in [3.8, 4) is 0 Å². The molecule has 3 atom stereocenters. The number of hydrogen-bond donors (Lipinski definition) is 2. The van der Waals surface area contributed by atoms with Gasteiger partial charge in [-0.25, -0.2) is 13.1 Å². The summed E-state index contributed by atoms with van der Waals surface area (Å²) in [6, 6.07) is 0. The topological polar surface area (TPSA) is 145 Å². The van der Waals surface area contributed by atoms with E-state index >= 15 is 0 Å². The summed E-state index contributed by atoms with van der Waals surface area (Å²) in [5.74, 6) is -4.76. The maximum absolute atomic E-state index is 13.6. The molecular weight excluding hydrogens is 709 g/mol. The van der Waals surface area contributed by atoms with E-state index in [-0.39, 0.29) is 6.42 Å². The summed E-state index contributed by atoms with van der Waals surface area (Å²) in [5, 5.41) is 9.49. The van der Waals surface area contributed by atoms with Gasteiger partial charge in [0.2, 0.25) is 0 Å². The Morgan fingerprint density at radius 2 is 1.24 bits per heavy atom. The molecule has 2 N–H and O–H groups in total. The van der Waals surface area contributed by atoms with Crippen LogP contribution in [0, 0.1) is 22.2 Å². The second-order valence-electron chi connectivity index (χ2n) is 14.3. The zero-order chi connectivity index (χ0) is 39.5. The monoisotopic (exact) mass is 755 g/mol. The number of halogens is 9. The Morgan fingerprint density at radius 3 is 1.63 bits per heavy atom. The largest absolute Gasteiger partial charge is 0.511 e. The molecular formula is C29H46F9NO9S. The number of sulfonamides is 1. The lowest BCUT2D eigenvalue weighted by Gasteiger charge is -2.40. The van der Waals surface area contributed by atoms with Crippen molar-refractivity contribution in [2.45, 2.75) is 130 Å². The standard InChI is InChI=1S/C29H46F9NO9S/c1-11-25(10,21(42)46-13-12-39-49(44,45)29(36,37)38)16-18(19(40)48-24(8,9)22(3,4)5)15-23(6,7)20(41)47-17(2)14-26(43,27(30,31)32)28(33,34)35/h17-18,39,43H,11-16H2,1-10H3. The van der Waals surface area contributed by atoms with Crippen molar-refractivity contribution in [2.75, 3.05) is 13.2 Å². The minimum atomic E-state index is -6.17. The Bertz CT molecular complexity index is 1260. The zero-order valence-electron chi connectivity index (χ0n) is 28.9. The highest BCUT2D eigenvalue weighted by atomic mass is 32.2. The molecule has 290 valence electrons. The first-order valence-electron chi connectivity index (χ1n) is 14.9. The van der Waals surface area contributed by atoms with E-state index in [2.05, 4.69) is 0 Å². The quantitative estimate of drug-likeness (QED) is 0.0797. The third-order valence-electron chi connectivity index (χ3n) is 8.54. The van der Waals surface area contributed by atoms with E-state index in [9.17, 15) is 67.4 Å². The van der Waals surface area contributed by atoms with Crippen molar-refractivity contribution in [1.82, 2.24) is 4.72 Å². The molecule has 0 aromatic carbocycles. The highest BCUT2D eigenvalue weighted by Gasteiger charge is 2.70. The van der Waals surface area contributed by atoms with Gasteiger partial charge in [-0.05, 0) is 60.8 Å². The van der Waals surface area contributed by atoms with Gasteiger partial charge in [0.15, 0.2) is 0 Å². The van der Waals surface area contributed by atoms with Gasteiger partial charge in [0.1, 0.15) is 18.3 Å². The predicted octanol–water partition coefficient (Wildman–Crippen LogP) is 6.35. The molecule has 0 aliphatic rings. The zero-order valence-corrected chi connectivity index (χ0v) is 29.7. The SMILES string of the molecule is CCC(C)(CC(CC(C)(C)C(=O)OC(C)CC(O)(C(F)(F)F)C(F)(F)F)C(=O)OC(C)(C)C(C)(C)C)C(=O)OCCNS(=O)(=O)C(F)(F)F. The van der Waals surface area contributed by atoms with Crippen molar-refractivity contribution in [1.29, 1.82) is 0 Å². The highest BCUT2D eigenvalue weighted by molar-refractivity contribution is 7.90. The average molecular weight is 756 g/mol. The Balaban J connectivity index is 6.30. The Hall–Kier alpha value is -2.35. The van der Waals surface area contributed by atoms with Crippen LogP contribution in [-0.4, -0.2) is 79.8 Å². The lowest BCUT2D eigenvalue weighted by Crippen LogP contribution is -2.58. The average Bonchev–Trinajstić information content (AvgIpc) is 2.87. The van der Waals surface area contributed by atoms with Crippen molar-refractivity contribution >= 4 is 27.9 Å². The van der Waals surface area contributed by atoms with Crippen LogP contribution < -0.4 is 4.72 Å². The van der Waals surface area contributed by atoms with Gasteiger partial charge < -0.3 is 19.3 Å². The van der Waals surface area contributed by atoms with Crippen LogP contribution in [-0.2, 0) is 38.6 Å². The number of rotatable bonds is 16. The van der Waals surface area contributed by atoms with Gasteiger partial charge in [0.25, 0.3) is 5.60 Å². The summed E-state index contributed by atoms with van der Waals surface area (Å²) in [6.07, 6.45) is -17.6. The fraction of sp³-hybridized carbons (Fsp3) is 0.897. The number of nitrogens with one attached hydrogen (secondary N) is 1. The van der Waals surface area contributed by atoms with E-state index in [1.807, 2.05) is 0 Å². The Labute approximate surface area is 279 Å². The van der Waals surface area contributed by atoms with E-state index in [1.165, 1.54) is 32.4 Å². The lowest BCUT2D eigenvalue weighted by molar-refractivity contribution is -0.373. The molecule has 3 unspecified atom stereocenters. The molecule has 10 nitrogen and oxygen atoms in total. The molecule has 0 rings (SSSR count). The maximum Gasteiger partial charge on any atom is 0.511 e. The smallest absolute Gasteiger partial charge is 0.464 e. The van der Waals surface area contributed by atoms with Crippen molar-refractivity contribution in [3.63, 3.8) is 0 Å². The molecule has 0 aliphatic carbocycles. The van der Waals surface area contributed by atoms with Crippen LogP contribution in [0.15, 0.2) is 0 Å². The lowest BCUT2D eigenvalue weighted by atomic mass is 9.72. The summed E-state index contributed by atoms with van der Waals surface area (Å²) in [6.45, 7) is 12.4. The summed E-state index contributed by atoms with van der Waals surface area (Å²) < 4.78 is 156. The second kappa shape index (κ2) is 15.5. The van der Waals surface area contributed by atoms with Crippen LogP contribution in [0.2, 0.25) is 0 Å². The van der Waals surface area contributed by atoms with Gasteiger partial charge in [0.05, 0.1) is 16.7 Å². The van der Waals surface area contributed by atoms with Crippen LogP contribution in [0.25, 0.3) is 0 Å². The Kier molecular flexibility index (Phi) is 14.7. The molecule has 0 fully saturated rings. The molecule has 0 aromatic rings. The van der Waals surface area contributed by atoms with Gasteiger partial charge in [-0.3, -0.25) is 14.4 Å². The first-order chi connectivity index (χ1) is 21.4. The summed E-state index contributed by atoms with van der Waals surface area (Å²) in [4.78, 5) is 39.8. The molecule has 20 heteroatoms. The summed E-state index contributed by atoms with van der Waals surface area (Å²) >= 11 is 0. The molecule has 0 saturated carbocycles. The van der Waals surface area contributed by atoms with E-state index in [0.717, 1.165) is 0 Å². The predicted molar refractivity (Wildman–Crippen MR) is 156 cm³/mol. The number of esters is 3. The molecule has 49 heavy (non-hydrogen) atoms. The third kappa shape index (κ3) is 12.1. The number of ether oxygens (including phenoxy) is 3. The summed E-state index contributed by atoms with van der Waals surface area (Å²) in [7, 11) is -5.73. The highest BCUT2D eigenvalue weighted by Crippen LogP contribution is 2.47. The van der Waals surface area contributed by atoms with Crippen molar-refractivity contribution in [3.05, 3.63) is 0 Å². The molecule has 0 aliphatic heterocycles. The first-order valence-corrected chi connectivity index (χ1v) is 16.4. The Morgan fingerprint density at radius 1 is 0.776 bits per heavy atom. The molecule has 0 spiro atoms. The fourth-order valence-corrected chi connectivity index (χ4v) is 4.63. The van der Waals surface area contributed by atoms with Gasteiger partial charge in [0, 0.05) is 18.4 Å². The molecule has 0 saturated heterocycles. The van der Waals surface area contributed by atoms with E-state index in [0.29, 0.717) is 6.92 Å². The van der Waals surface area contributed by atoms with Crippen LogP contribution in [0.4, 0.5) is 39.5 Å². The van der Waals surface area contributed by atoms with Crippen LogP contribution >= 0.6 is 0 Å². The second-order valence-corrected chi connectivity index (χ2v) is 16.1. The molecule has 0 radical (unpaired) electrons. The van der Waals surface area contributed by atoms with Gasteiger partial charge >= 0.3 is 45.8 Å². The van der Waals surface area contributed by atoms with Crippen molar-refractivity contribution < 1.29 is 81.6 Å². The first kappa shape index (κ1) is 46.6. The number of hydrogen-bond acceptors (Lipinski definition) is 9. The van der Waals surface area contributed by atoms with Crippen LogP contribution in [0.5, 0.6) is 0 Å². The maximum atomic E-state index is 13.6.